The van der Waals surface area contributed by atoms with Gasteiger partial charge in [0.25, 0.3) is 0 Å². The Morgan fingerprint density at radius 1 is 1.08 bits per heavy atom. The number of amides is 2. The first kappa shape index (κ1) is 28.3. The Morgan fingerprint density at radius 2 is 1.78 bits per heavy atom. The lowest BCUT2D eigenvalue weighted by Gasteiger charge is -2.45. The smallest absolute Gasteiger partial charge is 0.493 e. The largest absolute Gasteiger partial charge is 0.513 e. The Kier molecular flexibility index (Phi) is 9.43. The second-order valence-corrected chi connectivity index (χ2v) is 10.6. The number of rotatable bonds is 9. The molecule has 202 valence electrons. The average molecular weight is 513 g/mol. The zero-order valence-electron chi connectivity index (χ0n) is 22.9. The average Bonchev–Trinajstić information content (AvgIpc) is 2.85. The molecule has 1 N–H and O–H groups in total. The van der Waals surface area contributed by atoms with Crippen molar-refractivity contribution < 1.29 is 28.7 Å². The van der Waals surface area contributed by atoms with Crippen LogP contribution in [-0.4, -0.2) is 77.6 Å². The summed E-state index contributed by atoms with van der Waals surface area (Å²) < 4.78 is 11.6. The van der Waals surface area contributed by atoms with Crippen molar-refractivity contribution in [3.63, 3.8) is 0 Å². The van der Waals surface area contributed by atoms with Crippen LogP contribution in [0.25, 0.3) is 0 Å². The van der Waals surface area contributed by atoms with E-state index in [4.69, 9.17) is 9.47 Å². The molecule has 1 heterocycles. The van der Waals surface area contributed by atoms with E-state index in [-0.39, 0.29) is 17.1 Å². The molecule has 1 saturated heterocycles. The van der Waals surface area contributed by atoms with Crippen molar-refractivity contribution in [1.29, 1.82) is 0 Å². The maximum absolute atomic E-state index is 13.1. The van der Waals surface area contributed by atoms with Crippen LogP contribution in [0.2, 0.25) is 0 Å². The van der Waals surface area contributed by atoms with Gasteiger partial charge in [0.15, 0.2) is 0 Å². The highest BCUT2D eigenvalue weighted by molar-refractivity contribution is 5.69. The molecule has 3 rings (SSSR count). The molecule has 1 aliphatic rings. The SMILES string of the molecule is CCN(CC)c1cccc(OCC[C@@H]2C[N+](Cc3ccccc3)(C(=O)O)CCN2C(=O)OC(C)(C)C)c1. The summed E-state index contributed by atoms with van der Waals surface area (Å²) in [5.41, 5.74) is 1.42. The molecule has 8 heteroatoms. The third kappa shape index (κ3) is 7.61. The van der Waals surface area contributed by atoms with E-state index in [2.05, 4.69) is 24.8 Å². The van der Waals surface area contributed by atoms with Crippen molar-refractivity contribution in [3.8, 4) is 5.75 Å². The minimum atomic E-state index is -0.884. The van der Waals surface area contributed by atoms with Gasteiger partial charge in [-0.3, -0.25) is 4.90 Å². The first-order valence-corrected chi connectivity index (χ1v) is 13.2. The highest BCUT2D eigenvalue weighted by Crippen LogP contribution is 2.27. The summed E-state index contributed by atoms with van der Waals surface area (Å²) in [7, 11) is 0. The topological polar surface area (TPSA) is 79.3 Å². The molecule has 2 atom stereocenters. The molecule has 0 aromatic heterocycles. The third-order valence-electron chi connectivity index (χ3n) is 6.80. The van der Waals surface area contributed by atoms with Crippen LogP contribution in [0.15, 0.2) is 54.6 Å². The zero-order chi connectivity index (χ0) is 27.1. The molecule has 1 fully saturated rings. The second kappa shape index (κ2) is 12.3. The normalized spacial score (nSPS) is 19.8. The molecule has 0 spiro atoms. The van der Waals surface area contributed by atoms with Gasteiger partial charge in [0.1, 0.15) is 31.0 Å². The number of carbonyl (C=O) groups is 2. The molecule has 8 nitrogen and oxygen atoms in total. The van der Waals surface area contributed by atoms with Gasteiger partial charge in [-0.05, 0) is 46.8 Å². The molecule has 0 saturated carbocycles. The number of quaternary nitrogens is 1. The first-order valence-electron chi connectivity index (χ1n) is 13.2. The van der Waals surface area contributed by atoms with Gasteiger partial charge < -0.3 is 19.5 Å². The number of nitrogens with zero attached hydrogens (tertiary/aromatic N) is 3. The van der Waals surface area contributed by atoms with Crippen molar-refractivity contribution in [2.45, 2.75) is 59.2 Å². The number of carbonyl (C=O) groups excluding carboxylic acids is 1. The van der Waals surface area contributed by atoms with Crippen molar-refractivity contribution >= 4 is 17.9 Å². The number of anilines is 1. The third-order valence-corrected chi connectivity index (χ3v) is 6.80. The van der Waals surface area contributed by atoms with Gasteiger partial charge in [0, 0.05) is 36.8 Å². The molecule has 2 amide bonds. The van der Waals surface area contributed by atoms with Crippen LogP contribution in [0.1, 0.15) is 46.6 Å². The molecule has 0 aliphatic carbocycles. The highest BCUT2D eigenvalue weighted by atomic mass is 16.6. The van der Waals surface area contributed by atoms with Crippen molar-refractivity contribution in [1.82, 2.24) is 4.90 Å². The first-order chi connectivity index (χ1) is 17.6. The predicted molar refractivity (Wildman–Crippen MR) is 145 cm³/mol. The van der Waals surface area contributed by atoms with Crippen LogP contribution in [0.4, 0.5) is 15.3 Å². The summed E-state index contributed by atoms with van der Waals surface area (Å²) in [6, 6.07) is 17.3. The number of hydrogen-bond acceptors (Lipinski definition) is 5. The van der Waals surface area contributed by atoms with E-state index < -0.39 is 17.8 Å². The molecule has 1 aliphatic heterocycles. The van der Waals surface area contributed by atoms with E-state index in [0.717, 1.165) is 30.1 Å². The summed E-state index contributed by atoms with van der Waals surface area (Å²) in [5, 5.41) is 10.3. The maximum Gasteiger partial charge on any atom is 0.513 e. The maximum atomic E-state index is 13.1. The number of carboxylic acid groups (broad SMARTS) is 1. The summed E-state index contributed by atoms with van der Waals surface area (Å²) in [6.07, 6.45) is -0.800. The van der Waals surface area contributed by atoms with Gasteiger partial charge >= 0.3 is 12.2 Å². The monoisotopic (exact) mass is 512 g/mol. The minimum absolute atomic E-state index is 0.134. The Hall–Kier alpha value is -3.26. The lowest BCUT2D eigenvalue weighted by Crippen LogP contribution is -2.66. The fourth-order valence-corrected chi connectivity index (χ4v) is 4.87. The van der Waals surface area contributed by atoms with E-state index in [1.54, 1.807) is 4.90 Å². The lowest BCUT2D eigenvalue weighted by molar-refractivity contribution is -0.878. The number of hydrogen-bond donors (Lipinski definition) is 1. The number of benzene rings is 2. The quantitative estimate of drug-likeness (QED) is 0.440. The molecule has 37 heavy (non-hydrogen) atoms. The standard InChI is InChI=1S/C29H41N3O5/c1-6-30(7-2)24-14-11-15-26(20-24)36-19-16-25-22-32(28(34)35,21-23-12-9-8-10-13-23)18-17-31(25)27(33)37-29(3,4)5/h8-15,20,25H,6-7,16-19,21-22H2,1-5H3/p+1/t25-,32?/m1/s1. The van der Waals surface area contributed by atoms with Crippen molar-refractivity contribution in [3.05, 3.63) is 60.2 Å². The summed E-state index contributed by atoms with van der Waals surface area (Å²) in [5.74, 6) is 0.757. The molecule has 2 aromatic carbocycles. The fourth-order valence-electron chi connectivity index (χ4n) is 4.87. The number of piperazine rings is 1. The van der Waals surface area contributed by atoms with Gasteiger partial charge in [-0.25, -0.2) is 9.28 Å². The van der Waals surface area contributed by atoms with Crippen LogP contribution < -0.4 is 9.64 Å². The van der Waals surface area contributed by atoms with Crippen LogP contribution >= 0.6 is 0 Å². The van der Waals surface area contributed by atoms with Gasteiger partial charge in [-0.1, -0.05) is 36.4 Å². The summed E-state index contributed by atoms with van der Waals surface area (Å²) in [4.78, 5) is 29.6. The van der Waals surface area contributed by atoms with Crippen molar-refractivity contribution in [2.24, 2.45) is 0 Å². The van der Waals surface area contributed by atoms with Crippen LogP contribution in [0.3, 0.4) is 0 Å². The number of ether oxygens (including phenoxy) is 2. The minimum Gasteiger partial charge on any atom is -0.493 e. The Balaban J connectivity index is 1.78. The van der Waals surface area contributed by atoms with Crippen LogP contribution in [0.5, 0.6) is 5.75 Å². The molecule has 1 unspecified atom stereocenters. The Labute approximate surface area is 221 Å². The van der Waals surface area contributed by atoms with E-state index in [1.807, 2.05) is 69.3 Å². The van der Waals surface area contributed by atoms with Gasteiger partial charge in [0.05, 0.1) is 19.2 Å². The predicted octanol–water partition coefficient (Wildman–Crippen LogP) is 5.62. The molecular formula is C29H42N3O5+. The fraction of sp³-hybridized carbons (Fsp3) is 0.517. The van der Waals surface area contributed by atoms with Crippen LogP contribution in [0, 0.1) is 0 Å². The summed E-state index contributed by atoms with van der Waals surface area (Å²) in [6.45, 7) is 13.2. The Morgan fingerprint density at radius 3 is 2.41 bits per heavy atom. The van der Waals surface area contributed by atoms with E-state index >= 15 is 0 Å². The molecule has 2 aromatic rings. The van der Waals surface area contributed by atoms with Crippen LogP contribution in [-0.2, 0) is 11.3 Å². The van der Waals surface area contributed by atoms with Gasteiger partial charge in [-0.15, -0.1) is 0 Å². The highest BCUT2D eigenvalue weighted by Gasteiger charge is 2.47. The zero-order valence-corrected chi connectivity index (χ0v) is 22.9. The molecule has 0 radical (unpaired) electrons. The summed E-state index contributed by atoms with van der Waals surface area (Å²) >= 11 is 0. The van der Waals surface area contributed by atoms with E-state index in [1.165, 1.54) is 0 Å². The molecule has 0 bridgehead atoms. The van der Waals surface area contributed by atoms with Crippen molar-refractivity contribution in [2.75, 3.05) is 44.2 Å². The van der Waals surface area contributed by atoms with E-state index in [0.29, 0.717) is 32.7 Å². The second-order valence-electron chi connectivity index (χ2n) is 10.6. The van der Waals surface area contributed by atoms with Gasteiger partial charge in [-0.2, -0.15) is 4.79 Å². The van der Waals surface area contributed by atoms with Gasteiger partial charge in [0.2, 0.25) is 0 Å². The Bertz CT molecular complexity index is 1040. The lowest BCUT2D eigenvalue weighted by atomic mass is 10.0. The molecular weight excluding hydrogens is 470 g/mol. The van der Waals surface area contributed by atoms with E-state index in [9.17, 15) is 14.7 Å².